The largest absolute Gasteiger partial charge is 0.313 e. The summed E-state index contributed by atoms with van der Waals surface area (Å²) >= 11 is 0. The molecule has 0 unspecified atom stereocenters. The first-order valence-electron chi connectivity index (χ1n) is 20.2. The maximum atomic E-state index is 2.54. The van der Waals surface area contributed by atoms with Gasteiger partial charge < -0.3 is 13.7 Å². The predicted molar refractivity (Wildman–Crippen MR) is 247 cm³/mol. The Labute approximate surface area is 338 Å². The van der Waals surface area contributed by atoms with Gasteiger partial charge >= 0.3 is 0 Å². The number of hydrogen-bond donors (Lipinski definition) is 0. The normalized spacial score (nSPS) is 12.8. The van der Waals surface area contributed by atoms with E-state index in [2.05, 4.69) is 220 Å². The number of benzene rings is 8. The number of fused-ring (bicyclic) bond motifs is 9. The zero-order chi connectivity index (χ0) is 38.2. The van der Waals surface area contributed by atoms with Gasteiger partial charge in [0.2, 0.25) is 0 Å². The summed E-state index contributed by atoms with van der Waals surface area (Å²) in [5.74, 6) is 0. The molecule has 1 aliphatic rings. The van der Waals surface area contributed by atoms with E-state index in [9.17, 15) is 0 Å². The van der Waals surface area contributed by atoms with Crippen molar-refractivity contribution in [3.05, 3.63) is 211 Å². The number of aromatic nitrogens is 3. The molecule has 3 heterocycles. The zero-order valence-corrected chi connectivity index (χ0v) is 32.9. The van der Waals surface area contributed by atoms with Crippen molar-refractivity contribution in [2.24, 2.45) is 0 Å². The van der Waals surface area contributed by atoms with Gasteiger partial charge in [-0.15, -0.1) is 0 Å². The van der Waals surface area contributed by atoms with Gasteiger partial charge in [-0.1, -0.05) is 155 Å². The molecule has 1 aliphatic carbocycles. The fraction of sp³-hybridized carbons (Fsp3) is 0.0370. The van der Waals surface area contributed by atoms with Crippen LogP contribution in [0.2, 0.25) is 0 Å². The molecule has 12 rings (SSSR count). The van der Waals surface area contributed by atoms with Gasteiger partial charge in [0.05, 0.1) is 27.6 Å². The standard InChI is InChI=1S/C54H38N3Si/c1-3-15-37(16-4-1)56-51-25-13-9-21-45(51)47-35-48-46-22-10-14-26-52(46)57(54(48)36-53(47)56)39-29-33-42(34-30-39)58(40-17-5-2-6-18-40)41-31-27-38(28-32-41)55-49-23-11-7-19-43(49)44-20-8-12-24-50(44)55/h1-13,15-25,27-36H,14,26H2. The van der Waals surface area contributed by atoms with E-state index in [1.165, 1.54) is 98.4 Å². The highest BCUT2D eigenvalue weighted by molar-refractivity contribution is 6.95. The summed E-state index contributed by atoms with van der Waals surface area (Å²) in [6.07, 6.45) is 6.76. The van der Waals surface area contributed by atoms with Crippen molar-refractivity contribution in [1.29, 1.82) is 0 Å². The Balaban J connectivity index is 0.993. The molecule has 11 aromatic rings. The van der Waals surface area contributed by atoms with Gasteiger partial charge in [-0.2, -0.15) is 0 Å². The monoisotopic (exact) mass is 756 g/mol. The second kappa shape index (κ2) is 13.2. The van der Waals surface area contributed by atoms with E-state index in [1.807, 2.05) is 0 Å². The molecule has 3 aromatic heterocycles. The summed E-state index contributed by atoms with van der Waals surface area (Å²) in [4.78, 5) is 0. The van der Waals surface area contributed by atoms with Crippen molar-refractivity contribution in [2.75, 3.05) is 0 Å². The minimum absolute atomic E-state index is 1.02. The van der Waals surface area contributed by atoms with Crippen molar-refractivity contribution < 1.29 is 0 Å². The lowest BCUT2D eigenvalue weighted by molar-refractivity contribution is 0.889. The van der Waals surface area contributed by atoms with Crippen LogP contribution >= 0.6 is 0 Å². The highest BCUT2D eigenvalue weighted by Gasteiger charge is 2.24. The Morgan fingerprint density at radius 2 is 0.793 bits per heavy atom. The molecule has 0 atom stereocenters. The van der Waals surface area contributed by atoms with Gasteiger partial charge in [0, 0.05) is 55.3 Å². The summed E-state index contributed by atoms with van der Waals surface area (Å²) in [5.41, 5.74) is 12.5. The number of hydrogen-bond acceptors (Lipinski definition) is 0. The lowest BCUT2D eigenvalue weighted by Gasteiger charge is -2.19. The number of nitrogens with zero attached hydrogens (tertiary/aromatic N) is 3. The quantitative estimate of drug-likeness (QED) is 0.119. The Morgan fingerprint density at radius 1 is 0.345 bits per heavy atom. The van der Waals surface area contributed by atoms with E-state index in [4.69, 9.17) is 0 Å². The van der Waals surface area contributed by atoms with Gasteiger partial charge in [-0.25, -0.2) is 0 Å². The number of rotatable bonds is 6. The summed E-state index contributed by atoms with van der Waals surface area (Å²) in [7, 11) is -1.30. The highest BCUT2D eigenvalue weighted by atomic mass is 28.3. The van der Waals surface area contributed by atoms with Gasteiger partial charge in [0.25, 0.3) is 0 Å². The molecule has 0 saturated carbocycles. The minimum Gasteiger partial charge on any atom is -0.313 e. The first-order valence-corrected chi connectivity index (χ1v) is 21.7. The fourth-order valence-corrected chi connectivity index (χ4v) is 12.2. The molecule has 58 heavy (non-hydrogen) atoms. The zero-order valence-electron chi connectivity index (χ0n) is 31.9. The Hall–Kier alpha value is -7.14. The molecule has 0 spiro atoms. The third kappa shape index (κ3) is 5.05. The van der Waals surface area contributed by atoms with Crippen LogP contribution in [0.15, 0.2) is 200 Å². The Kier molecular flexibility index (Phi) is 7.53. The second-order valence-corrected chi connectivity index (χ2v) is 17.9. The third-order valence-electron chi connectivity index (χ3n) is 12.2. The topological polar surface area (TPSA) is 14.8 Å². The van der Waals surface area contributed by atoms with Crippen LogP contribution in [0.25, 0.3) is 77.7 Å². The van der Waals surface area contributed by atoms with Crippen LogP contribution in [0.4, 0.5) is 0 Å². The third-order valence-corrected chi connectivity index (χ3v) is 15.0. The van der Waals surface area contributed by atoms with Crippen LogP contribution in [-0.4, -0.2) is 22.5 Å². The average Bonchev–Trinajstić information content (AvgIpc) is 3.92. The molecule has 0 aliphatic heterocycles. The minimum atomic E-state index is -1.30. The maximum Gasteiger partial charge on any atom is 0.154 e. The molecule has 4 heteroatoms. The summed E-state index contributed by atoms with van der Waals surface area (Å²) < 4.78 is 7.38. The van der Waals surface area contributed by atoms with E-state index in [1.54, 1.807) is 0 Å². The van der Waals surface area contributed by atoms with Crippen molar-refractivity contribution in [2.45, 2.75) is 12.8 Å². The van der Waals surface area contributed by atoms with Crippen LogP contribution in [0, 0.1) is 0 Å². The van der Waals surface area contributed by atoms with E-state index in [0.717, 1.165) is 12.8 Å². The molecule has 0 amide bonds. The lowest BCUT2D eigenvalue weighted by Crippen LogP contribution is -2.51. The van der Waals surface area contributed by atoms with Gasteiger partial charge in [0.1, 0.15) is 0 Å². The highest BCUT2D eigenvalue weighted by Crippen LogP contribution is 2.40. The van der Waals surface area contributed by atoms with E-state index in [0.29, 0.717) is 0 Å². The number of para-hydroxylation sites is 4. The van der Waals surface area contributed by atoms with Gasteiger partial charge in [-0.05, 0) is 79.6 Å². The SMILES string of the molecule is C1=Cc2c(n(-c3ccc([Si](c4ccccc4)c4ccc(-n5c6ccccc6c6ccccc65)cc4)cc3)c3cc4c(cc23)c2ccccc2n4-c2ccccc2)CC1. The van der Waals surface area contributed by atoms with Crippen molar-refractivity contribution >= 4 is 84.9 Å². The molecule has 0 N–H and O–H groups in total. The molecule has 0 saturated heterocycles. The van der Waals surface area contributed by atoms with E-state index in [-0.39, 0.29) is 0 Å². The molecule has 8 aromatic carbocycles. The van der Waals surface area contributed by atoms with Crippen molar-refractivity contribution in [3.8, 4) is 17.1 Å². The van der Waals surface area contributed by atoms with Crippen LogP contribution in [0.1, 0.15) is 17.7 Å². The van der Waals surface area contributed by atoms with Crippen molar-refractivity contribution in [1.82, 2.24) is 13.7 Å². The second-order valence-electron chi connectivity index (χ2n) is 15.4. The van der Waals surface area contributed by atoms with Crippen LogP contribution in [0.5, 0.6) is 0 Å². The fourth-order valence-electron chi connectivity index (χ4n) is 9.69. The van der Waals surface area contributed by atoms with Crippen molar-refractivity contribution in [3.63, 3.8) is 0 Å². The summed E-state index contributed by atoms with van der Waals surface area (Å²) in [6.45, 7) is 0. The average molecular weight is 757 g/mol. The molecular weight excluding hydrogens is 719 g/mol. The Bertz CT molecular complexity index is 3310. The smallest absolute Gasteiger partial charge is 0.154 e. The Morgan fingerprint density at radius 3 is 1.40 bits per heavy atom. The predicted octanol–water partition coefficient (Wildman–Crippen LogP) is 11.3. The van der Waals surface area contributed by atoms with E-state index < -0.39 is 8.80 Å². The van der Waals surface area contributed by atoms with Gasteiger partial charge in [-0.3, -0.25) is 0 Å². The molecule has 0 fully saturated rings. The van der Waals surface area contributed by atoms with Gasteiger partial charge in [0.15, 0.2) is 8.80 Å². The summed E-state index contributed by atoms with van der Waals surface area (Å²) in [5, 5.41) is 10.6. The van der Waals surface area contributed by atoms with Crippen LogP contribution in [0.3, 0.4) is 0 Å². The molecule has 1 radical (unpaired) electrons. The molecule has 273 valence electrons. The number of allylic oxidation sites excluding steroid dienone is 1. The molecule has 3 nitrogen and oxygen atoms in total. The van der Waals surface area contributed by atoms with Crippen LogP contribution < -0.4 is 15.6 Å². The lowest BCUT2D eigenvalue weighted by atomic mass is 10.0. The van der Waals surface area contributed by atoms with Crippen LogP contribution in [-0.2, 0) is 6.42 Å². The molecule has 0 bridgehead atoms. The van der Waals surface area contributed by atoms with E-state index >= 15 is 0 Å². The first-order chi connectivity index (χ1) is 28.8. The first kappa shape index (κ1) is 33.0. The summed E-state index contributed by atoms with van der Waals surface area (Å²) in [6, 6.07) is 72.0. The molecular formula is C54H38N3Si. The maximum absolute atomic E-state index is 2.54.